The maximum absolute atomic E-state index is 3.33. The maximum atomic E-state index is 3.33. The van der Waals surface area contributed by atoms with Crippen molar-refractivity contribution in [2.24, 2.45) is 0 Å². The number of hydrogen-bond acceptors (Lipinski definition) is 0. The molecule has 0 nitrogen and oxygen atoms in total. The Balaban J connectivity index is -0.000000283. The van der Waals surface area contributed by atoms with E-state index in [1.165, 1.54) is 35.1 Å². The fourth-order valence-electron chi connectivity index (χ4n) is 2.06. The third-order valence-corrected chi connectivity index (χ3v) is 3.51. The summed E-state index contributed by atoms with van der Waals surface area (Å²) in [7, 11) is 0. The Hall–Kier alpha value is 0.640. The van der Waals surface area contributed by atoms with Gasteiger partial charge in [-0.05, 0) is 0 Å². The van der Waals surface area contributed by atoms with E-state index in [0.29, 0.717) is 0 Å². The molecule has 0 aromatic rings. The molecule has 0 amide bonds. The Labute approximate surface area is 178 Å². The summed E-state index contributed by atoms with van der Waals surface area (Å²) >= 11 is 1.74. The van der Waals surface area contributed by atoms with Crippen molar-refractivity contribution in [2.45, 2.75) is 79.3 Å². The van der Waals surface area contributed by atoms with E-state index >= 15 is 0 Å². The Morgan fingerprint density at radius 2 is 1.08 bits per heavy atom. The van der Waals surface area contributed by atoms with Crippen LogP contribution in [0.1, 0.15) is 66.2 Å². The molecule has 0 aromatic carbocycles. The summed E-state index contributed by atoms with van der Waals surface area (Å²) in [6.07, 6.45) is 18.1. The molecule has 0 atom stereocenters. The van der Waals surface area contributed by atoms with E-state index in [2.05, 4.69) is 65.1 Å². The Morgan fingerprint density at radius 3 is 1.21 bits per heavy atom. The predicted molar refractivity (Wildman–Crippen MR) is 97.6 cm³/mol. The van der Waals surface area contributed by atoms with Crippen molar-refractivity contribution in [2.75, 3.05) is 0 Å². The molecule has 2 aliphatic carbocycles. The monoisotopic (exact) mass is 460 g/mol. The maximum Gasteiger partial charge on any atom is -1.00 e. The van der Waals surface area contributed by atoms with E-state index in [1.807, 2.05) is 0 Å². The van der Waals surface area contributed by atoms with Crippen LogP contribution in [0.5, 0.6) is 0 Å². The van der Waals surface area contributed by atoms with Crippen LogP contribution in [0.3, 0.4) is 0 Å². The zero-order valence-electron chi connectivity index (χ0n) is 16.2. The molecule has 0 aliphatic heterocycles. The molecule has 0 saturated heterocycles. The molecule has 0 radical (unpaired) electrons. The first-order chi connectivity index (χ1) is 10.5. The first kappa shape index (κ1) is 29.4. The topological polar surface area (TPSA) is 0 Å². The number of hydrogen-bond donors (Lipinski definition) is 0. The second kappa shape index (κ2) is 18.4. The summed E-state index contributed by atoms with van der Waals surface area (Å²) in [6, 6.07) is 0. The van der Waals surface area contributed by atoms with Crippen LogP contribution in [0, 0.1) is 12.2 Å². The second-order valence-electron chi connectivity index (χ2n) is 5.78. The average molecular weight is 463 g/mol. The zero-order chi connectivity index (χ0) is 17.0. The summed E-state index contributed by atoms with van der Waals surface area (Å²) in [6.45, 7) is 13.4. The molecule has 0 heterocycles. The standard InChI is InChI=1S/2C9H13.C2H6Si.2ClH.Zr/c2*1-3-8-5-6-9(4-2)7-8;1-3-2;;;/h2*7H,3-5H2,1-2H3;1-2H3;2*1H;/q2*-1;;;;+2/p-2. The molecular formula is C20H32Cl2SiZr-2. The molecule has 0 aromatic heterocycles. The SMILES string of the molecule is CCC1=[C-]CC(CC)=C1.CCC1=[C-]CC(CC)=C1.C[Si](C)=[Zr+2].[Cl-].[Cl-]. The number of halogens is 2. The van der Waals surface area contributed by atoms with Crippen LogP contribution < -0.4 is 24.8 Å². The largest absolute Gasteiger partial charge is 1.00 e. The fourth-order valence-corrected chi connectivity index (χ4v) is 2.06. The normalized spacial score (nSPS) is 14.3. The molecule has 0 bridgehead atoms. The molecule has 2 rings (SSSR count). The minimum atomic E-state index is 0. The van der Waals surface area contributed by atoms with E-state index in [9.17, 15) is 0 Å². The van der Waals surface area contributed by atoms with Crippen LogP contribution in [0.4, 0.5) is 0 Å². The third kappa shape index (κ3) is 14.9. The average Bonchev–Trinajstić information content (AvgIpc) is 3.15. The fraction of sp³-hybridized carbons (Fsp3) is 0.600. The Kier molecular flexibility index (Phi) is 22.6. The molecule has 136 valence electrons. The van der Waals surface area contributed by atoms with Gasteiger partial charge in [-0.15, -0.1) is 12.8 Å². The van der Waals surface area contributed by atoms with Gasteiger partial charge >= 0.3 is 41.9 Å². The van der Waals surface area contributed by atoms with Crippen LogP contribution in [0.25, 0.3) is 0 Å². The quantitative estimate of drug-likeness (QED) is 0.422. The molecule has 2 aliphatic rings. The molecule has 4 heteroatoms. The minimum Gasteiger partial charge on any atom is -1.00 e. The van der Waals surface area contributed by atoms with Gasteiger partial charge in [-0.25, -0.2) is 23.3 Å². The van der Waals surface area contributed by atoms with Gasteiger partial charge in [-0.3, -0.25) is 12.2 Å². The molecule has 0 saturated carbocycles. The molecular weight excluding hydrogens is 430 g/mol. The van der Waals surface area contributed by atoms with Gasteiger partial charge < -0.3 is 24.8 Å². The molecule has 0 N–H and O–H groups in total. The van der Waals surface area contributed by atoms with Crippen molar-refractivity contribution >= 4 is 5.43 Å². The van der Waals surface area contributed by atoms with Crippen molar-refractivity contribution in [3.63, 3.8) is 0 Å². The van der Waals surface area contributed by atoms with Crippen LogP contribution in [-0.4, -0.2) is 5.43 Å². The van der Waals surface area contributed by atoms with Crippen LogP contribution in [0.15, 0.2) is 34.4 Å². The summed E-state index contributed by atoms with van der Waals surface area (Å²) in [4.78, 5) is 0. The molecule has 24 heavy (non-hydrogen) atoms. The van der Waals surface area contributed by atoms with Crippen molar-refractivity contribution in [1.82, 2.24) is 0 Å². The van der Waals surface area contributed by atoms with E-state index in [4.69, 9.17) is 0 Å². The van der Waals surface area contributed by atoms with Crippen molar-refractivity contribution < 1.29 is 48.1 Å². The Bertz CT molecular complexity index is 432. The van der Waals surface area contributed by atoms with E-state index in [1.54, 1.807) is 23.3 Å². The predicted octanol–water partition coefficient (Wildman–Crippen LogP) is 0.524. The number of allylic oxidation sites excluding steroid dienone is 8. The Morgan fingerprint density at radius 1 is 0.792 bits per heavy atom. The minimum absolute atomic E-state index is 0. The summed E-state index contributed by atoms with van der Waals surface area (Å²) in [5, 5.41) is 0. The van der Waals surface area contributed by atoms with Crippen LogP contribution in [-0.2, 0) is 23.3 Å². The van der Waals surface area contributed by atoms with Gasteiger partial charge in [0.05, 0.1) is 0 Å². The zero-order valence-corrected chi connectivity index (χ0v) is 21.1. The smallest absolute Gasteiger partial charge is 1.00 e. The van der Waals surface area contributed by atoms with Gasteiger partial charge in [-0.2, -0.15) is 11.1 Å². The van der Waals surface area contributed by atoms with Gasteiger partial charge in [0.1, 0.15) is 0 Å². The van der Waals surface area contributed by atoms with Crippen LogP contribution >= 0.6 is 0 Å². The van der Waals surface area contributed by atoms with Gasteiger partial charge in [0.15, 0.2) is 0 Å². The molecule has 0 unspecified atom stereocenters. The third-order valence-electron chi connectivity index (χ3n) is 3.51. The van der Waals surface area contributed by atoms with E-state index in [-0.39, 0.29) is 30.2 Å². The van der Waals surface area contributed by atoms with Crippen molar-refractivity contribution in [3.8, 4) is 0 Å². The first-order valence-corrected chi connectivity index (χ1v) is 14.7. The first-order valence-electron chi connectivity index (χ1n) is 8.56. The van der Waals surface area contributed by atoms with Gasteiger partial charge in [0.25, 0.3) is 0 Å². The second-order valence-corrected chi connectivity index (χ2v) is 15.2. The van der Waals surface area contributed by atoms with Crippen molar-refractivity contribution in [1.29, 1.82) is 0 Å². The molecule has 0 spiro atoms. The van der Waals surface area contributed by atoms with E-state index < -0.39 is 0 Å². The number of rotatable bonds is 4. The van der Waals surface area contributed by atoms with E-state index in [0.717, 1.165) is 25.7 Å². The van der Waals surface area contributed by atoms with Crippen LogP contribution in [0.2, 0.25) is 13.1 Å². The van der Waals surface area contributed by atoms with Gasteiger partial charge in [0, 0.05) is 0 Å². The van der Waals surface area contributed by atoms with Crippen molar-refractivity contribution in [3.05, 3.63) is 46.6 Å². The summed E-state index contributed by atoms with van der Waals surface area (Å²) in [5.41, 5.74) is 6.07. The summed E-state index contributed by atoms with van der Waals surface area (Å²) < 4.78 is 0. The summed E-state index contributed by atoms with van der Waals surface area (Å²) in [5.74, 6) is 0. The molecule has 0 fully saturated rings. The van der Waals surface area contributed by atoms with Gasteiger partial charge in [-0.1, -0.05) is 53.4 Å². The van der Waals surface area contributed by atoms with Gasteiger partial charge in [0.2, 0.25) is 0 Å².